The van der Waals surface area contributed by atoms with Crippen LogP contribution in [0.3, 0.4) is 0 Å². The van der Waals surface area contributed by atoms with Gasteiger partial charge in [-0.2, -0.15) is 0 Å². The molecule has 1 aromatic carbocycles. The number of nitrogens with zero attached hydrogens (tertiary/aromatic N) is 3. The number of halogens is 1. The first kappa shape index (κ1) is 29.5. The second kappa shape index (κ2) is 12.8. The highest BCUT2D eigenvalue weighted by Gasteiger charge is 2.37. The number of morpholine rings is 1. The maximum atomic E-state index is 13.3. The summed E-state index contributed by atoms with van der Waals surface area (Å²) in [7, 11) is 0. The van der Waals surface area contributed by atoms with Gasteiger partial charge in [0.1, 0.15) is 18.8 Å². The number of nitrogens with one attached hydrogen (secondary N) is 1. The average molecular weight is 593 g/mol. The van der Waals surface area contributed by atoms with E-state index in [1.54, 1.807) is 43.0 Å². The molecule has 1 aromatic heterocycles. The number of carbonyl (C=O) groups is 5. The van der Waals surface area contributed by atoms with Crippen molar-refractivity contribution in [3.63, 3.8) is 0 Å². The molecule has 0 bridgehead atoms. The highest BCUT2D eigenvalue weighted by Crippen LogP contribution is 2.27. The Morgan fingerprint density at radius 1 is 1.12 bits per heavy atom. The summed E-state index contributed by atoms with van der Waals surface area (Å²) in [5.41, 5.74) is 1.20. The van der Waals surface area contributed by atoms with Crippen molar-refractivity contribution >= 4 is 64.1 Å². The van der Waals surface area contributed by atoms with Gasteiger partial charge in [-0.05, 0) is 42.3 Å². The van der Waals surface area contributed by atoms with Crippen LogP contribution in [0.1, 0.15) is 23.5 Å². The van der Waals surface area contributed by atoms with E-state index in [2.05, 4.69) is 5.32 Å². The monoisotopic (exact) mass is 592 g/mol. The van der Waals surface area contributed by atoms with Gasteiger partial charge in [-0.1, -0.05) is 25.4 Å². The third kappa shape index (κ3) is 6.78. The number of aliphatic carboxylic acids is 1. The quantitative estimate of drug-likeness (QED) is 0.425. The number of carbonyl (C=O) groups excluding carboxylic acids is 4. The van der Waals surface area contributed by atoms with Gasteiger partial charge in [0.2, 0.25) is 5.91 Å². The molecule has 2 aliphatic rings. The Bertz CT molecular complexity index is 1280. The Kier molecular flexibility index (Phi) is 9.40. The number of thiophene rings is 1. The van der Waals surface area contributed by atoms with Crippen molar-refractivity contribution in [3.8, 4) is 0 Å². The van der Waals surface area contributed by atoms with E-state index < -0.39 is 42.6 Å². The lowest BCUT2D eigenvalue weighted by molar-refractivity contribution is -0.141. The van der Waals surface area contributed by atoms with Crippen molar-refractivity contribution in [2.45, 2.75) is 26.0 Å². The van der Waals surface area contributed by atoms with E-state index in [9.17, 15) is 29.1 Å². The normalized spacial score (nSPS) is 18.1. The van der Waals surface area contributed by atoms with Crippen LogP contribution in [0.2, 0.25) is 4.34 Å². The van der Waals surface area contributed by atoms with Gasteiger partial charge in [0.25, 0.3) is 11.8 Å². The number of carboxylic acid groups (broad SMARTS) is 1. The fourth-order valence-electron chi connectivity index (χ4n) is 4.40. The lowest BCUT2D eigenvalue weighted by Crippen LogP contribution is -2.50. The molecule has 0 spiro atoms. The zero-order chi connectivity index (χ0) is 29.0. The third-order valence-corrected chi connectivity index (χ3v) is 7.67. The summed E-state index contributed by atoms with van der Waals surface area (Å²) in [6.07, 6.45) is -1.49. The first-order valence-electron chi connectivity index (χ1n) is 12.6. The van der Waals surface area contributed by atoms with Crippen LogP contribution in [-0.2, 0) is 23.9 Å². The summed E-state index contributed by atoms with van der Waals surface area (Å²) in [4.78, 5) is 67.0. The minimum absolute atomic E-state index is 0.0114. The number of imide groups is 1. The lowest BCUT2D eigenvalue weighted by Gasteiger charge is -2.27. The zero-order valence-corrected chi connectivity index (χ0v) is 23.4. The molecule has 214 valence electrons. The molecule has 2 saturated heterocycles. The van der Waals surface area contributed by atoms with Gasteiger partial charge in [0.15, 0.2) is 0 Å². The van der Waals surface area contributed by atoms with Crippen LogP contribution >= 0.6 is 22.9 Å². The van der Waals surface area contributed by atoms with Crippen LogP contribution in [0.15, 0.2) is 36.4 Å². The van der Waals surface area contributed by atoms with Crippen LogP contribution in [0, 0.1) is 5.92 Å². The lowest BCUT2D eigenvalue weighted by atomic mass is 10.1. The fourth-order valence-corrected chi connectivity index (χ4v) is 5.39. The minimum Gasteiger partial charge on any atom is -0.480 e. The van der Waals surface area contributed by atoms with Gasteiger partial charge < -0.3 is 19.5 Å². The highest BCUT2D eigenvalue weighted by atomic mass is 35.5. The standard InChI is InChI=1S/C26H29ClN4O8S/c1-15(2)23(25(35)36)28-11-21(32)31(24(34)19-7-8-20(27)40-19)13-18-12-30(26(37)39-18)17-5-3-16(4-6-17)29-9-10-38-14-22(29)33/h3-8,15,18,23,28H,9-14H2,1-2H3,(H,35,36)/t18-,23+/m1/s1. The molecule has 0 saturated carbocycles. The Balaban J connectivity index is 1.46. The molecule has 2 N–H and O–H groups in total. The van der Waals surface area contributed by atoms with E-state index in [1.807, 2.05) is 0 Å². The maximum absolute atomic E-state index is 13.3. The van der Waals surface area contributed by atoms with E-state index in [0.29, 0.717) is 28.9 Å². The Labute approximate surface area is 239 Å². The van der Waals surface area contributed by atoms with E-state index in [0.717, 1.165) is 16.2 Å². The summed E-state index contributed by atoms with van der Waals surface area (Å²) in [5, 5.41) is 12.1. The first-order chi connectivity index (χ1) is 19.0. The fraction of sp³-hybridized carbons (Fsp3) is 0.423. The Morgan fingerprint density at radius 2 is 1.80 bits per heavy atom. The number of hydrogen-bond donors (Lipinski definition) is 2. The smallest absolute Gasteiger partial charge is 0.414 e. The molecule has 4 amide bonds. The molecule has 12 nitrogen and oxygen atoms in total. The number of carboxylic acids is 1. The SMILES string of the molecule is CC(C)[C@H](NCC(=O)N(C[C@H]1CN(c2ccc(N3CCOCC3=O)cc2)C(=O)O1)C(=O)c1ccc(Cl)s1)C(=O)O. The molecule has 2 atom stereocenters. The van der Waals surface area contributed by atoms with Crippen LogP contribution < -0.4 is 15.1 Å². The number of rotatable bonds is 10. The van der Waals surface area contributed by atoms with E-state index in [1.165, 1.54) is 17.0 Å². The van der Waals surface area contributed by atoms with Gasteiger partial charge in [-0.3, -0.25) is 34.3 Å². The Hall–Kier alpha value is -3.52. The predicted molar refractivity (Wildman–Crippen MR) is 147 cm³/mol. The molecular formula is C26H29ClN4O8S. The molecule has 2 fully saturated rings. The molecule has 2 aliphatic heterocycles. The average Bonchev–Trinajstić information content (AvgIpc) is 3.52. The van der Waals surface area contributed by atoms with Crippen LogP contribution in [0.4, 0.5) is 16.2 Å². The number of ether oxygens (including phenoxy) is 2. The largest absolute Gasteiger partial charge is 0.480 e. The maximum Gasteiger partial charge on any atom is 0.414 e. The minimum atomic E-state index is -1.12. The van der Waals surface area contributed by atoms with Crippen molar-refractivity contribution in [3.05, 3.63) is 45.6 Å². The Morgan fingerprint density at radius 3 is 2.38 bits per heavy atom. The number of cyclic esters (lactones) is 1. The van der Waals surface area contributed by atoms with Gasteiger partial charge in [-0.15, -0.1) is 11.3 Å². The van der Waals surface area contributed by atoms with Crippen molar-refractivity contribution < 1.29 is 38.6 Å². The van der Waals surface area contributed by atoms with Crippen molar-refractivity contribution in [2.24, 2.45) is 5.92 Å². The van der Waals surface area contributed by atoms with Gasteiger partial charge in [0, 0.05) is 17.9 Å². The van der Waals surface area contributed by atoms with Gasteiger partial charge >= 0.3 is 12.1 Å². The van der Waals surface area contributed by atoms with Gasteiger partial charge in [0.05, 0.1) is 35.5 Å². The molecule has 14 heteroatoms. The van der Waals surface area contributed by atoms with E-state index >= 15 is 0 Å². The highest BCUT2D eigenvalue weighted by molar-refractivity contribution is 7.18. The number of benzene rings is 1. The number of anilines is 2. The molecular weight excluding hydrogens is 564 g/mol. The third-order valence-electron chi connectivity index (χ3n) is 6.46. The molecule has 4 rings (SSSR count). The molecule has 3 heterocycles. The summed E-state index contributed by atoms with van der Waals surface area (Å²) in [5.74, 6) is -2.87. The molecule has 40 heavy (non-hydrogen) atoms. The van der Waals surface area contributed by atoms with Crippen LogP contribution in [0.25, 0.3) is 0 Å². The van der Waals surface area contributed by atoms with Crippen LogP contribution in [0.5, 0.6) is 0 Å². The zero-order valence-electron chi connectivity index (χ0n) is 21.9. The second-order valence-corrected chi connectivity index (χ2v) is 11.3. The van der Waals surface area contributed by atoms with Crippen molar-refractivity contribution in [2.75, 3.05) is 49.2 Å². The molecule has 0 radical (unpaired) electrons. The summed E-state index contributed by atoms with van der Waals surface area (Å²) >= 11 is 6.99. The summed E-state index contributed by atoms with van der Waals surface area (Å²) in [6.45, 7) is 3.69. The summed E-state index contributed by atoms with van der Waals surface area (Å²) in [6, 6.07) is 8.84. The summed E-state index contributed by atoms with van der Waals surface area (Å²) < 4.78 is 11.0. The molecule has 0 unspecified atom stereocenters. The van der Waals surface area contributed by atoms with Crippen molar-refractivity contribution in [1.82, 2.24) is 10.2 Å². The molecule has 0 aliphatic carbocycles. The first-order valence-corrected chi connectivity index (χ1v) is 13.8. The van der Waals surface area contributed by atoms with Gasteiger partial charge in [-0.25, -0.2) is 4.79 Å². The number of hydrogen-bond acceptors (Lipinski definition) is 9. The van der Waals surface area contributed by atoms with Crippen LogP contribution in [-0.4, -0.2) is 91.3 Å². The predicted octanol–water partition coefficient (Wildman–Crippen LogP) is 2.46. The van der Waals surface area contributed by atoms with E-state index in [-0.39, 0.29) is 36.4 Å². The second-order valence-electron chi connectivity index (χ2n) is 9.58. The topological polar surface area (TPSA) is 146 Å². The van der Waals surface area contributed by atoms with Crippen molar-refractivity contribution in [1.29, 1.82) is 0 Å². The molecule has 2 aromatic rings. The number of amides is 4. The van der Waals surface area contributed by atoms with E-state index in [4.69, 9.17) is 21.1 Å².